The molecule has 0 aliphatic heterocycles. The van der Waals surface area contributed by atoms with E-state index in [1.807, 2.05) is 0 Å². The molecule has 3 nitrogen and oxygen atoms in total. The van der Waals surface area contributed by atoms with Gasteiger partial charge in [-0.25, -0.2) is 4.79 Å². The zero-order valence-corrected chi connectivity index (χ0v) is 8.84. The molecular weight excluding hydrogens is 202 g/mol. The van der Waals surface area contributed by atoms with Crippen LogP contribution in [0.5, 0.6) is 0 Å². The molecule has 1 N–H and O–H groups in total. The zero-order valence-electron chi connectivity index (χ0n) is 8.08. The summed E-state index contributed by atoms with van der Waals surface area (Å²) in [5.41, 5.74) is 0.667. The number of nitrogens with one attached hydrogen (secondary N) is 1. The van der Waals surface area contributed by atoms with Gasteiger partial charge in [0, 0.05) is 10.7 Å². The van der Waals surface area contributed by atoms with Crippen molar-refractivity contribution in [3.05, 3.63) is 29.3 Å². The van der Waals surface area contributed by atoms with E-state index in [1.54, 1.807) is 38.1 Å². The minimum Gasteiger partial charge on any atom is -0.447 e. The number of carbonyl (C=O) groups is 1. The van der Waals surface area contributed by atoms with Crippen LogP contribution in [0.1, 0.15) is 13.8 Å². The van der Waals surface area contributed by atoms with E-state index in [2.05, 4.69) is 5.32 Å². The molecule has 1 rings (SSSR count). The third kappa shape index (κ3) is 3.66. The molecule has 0 spiro atoms. The van der Waals surface area contributed by atoms with E-state index in [-0.39, 0.29) is 6.10 Å². The lowest BCUT2D eigenvalue weighted by Crippen LogP contribution is -2.17. The van der Waals surface area contributed by atoms with Crippen LogP contribution in [0.3, 0.4) is 0 Å². The Balaban J connectivity index is 2.52. The number of ether oxygens (including phenoxy) is 1. The Morgan fingerprint density at radius 1 is 1.36 bits per heavy atom. The quantitative estimate of drug-likeness (QED) is 0.819. The predicted molar refractivity (Wildman–Crippen MR) is 56.7 cm³/mol. The van der Waals surface area contributed by atoms with Gasteiger partial charge in [0.25, 0.3) is 0 Å². The molecule has 0 aromatic heterocycles. The second-order valence-electron chi connectivity index (χ2n) is 3.09. The number of amides is 1. The van der Waals surface area contributed by atoms with Crippen LogP contribution in [0, 0.1) is 0 Å². The van der Waals surface area contributed by atoms with Crippen molar-refractivity contribution in [1.29, 1.82) is 0 Å². The Morgan fingerprint density at radius 2 is 1.93 bits per heavy atom. The van der Waals surface area contributed by atoms with Gasteiger partial charge < -0.3 is 4.74 Å². The van der Waals surface area contributed by atoms with Crippen LogP contribution in [0.15, 0.2) is 24.3 Å². The summed E-state index contributed by atoms with van der Waals surface area (Å²) < 4.78 is 4.90. The average molecular weight is 214 g/mol. The topological polar surface area (TPSA) is 38.3 Å². The van der Waals surface area contributed by atoms with E-state index in [4.69, 9.17) is 16.3 Å². The lowest BCUT2D eigenvalue weighted by Gasteiger charge is -2.09. The molecule has 1 aromatic rings. The molecule has 0 unspecified atom stereocenters. The summed E-state index contributed by atoms with van der Waals surface area (Å²) in [6.07, 6.45) is -0.579. The van der Waals surface area contributed by atoms with E-state index in [0.29, 0.717) is 10.7 Å². The van der Waals surface area contributed by atoms with Crippen molar-refractivity contribution in [1.82, 2.24) is 0 Å². The fraction of sp³-hybridized carbons (Fsp3) is 0.300. The van der Waals surface area contributed by atoms with Crippen LogP contribution in [0.4, 0.5) is 10.5 Å². The molecule has 0 saturated carbocycles. The summed E-state index contributed by atoms with van der Waals surface area (Å²) in [4.78, 5) is 11.1. The van der Waals surface area contributed by atoms with Crippen LogP contribution >= 0.6 is 11.6 Å². The monoisotopic (exact) mass is 213 g/mol. The smallest absolute Gasteiger partial charge is 0.411 e. The minimum atomic E-state index is -0.456. The standard InChI is InChI=1S/C10H12ClNO2/c1-7(2)14-10(13)12-9-5-3-8(11)4-6-9/h3-7H,1-2H3,(H,12,13). The number of benzene rings is 1. The Hall–Kier alpha value is -1.22. The molecule has 14 heavy (non-hydrogen) atoms. The second kappa shape index (κ2) is 4.86. The average Bonchev–Trinajstić information content (AvgIpc) is 2.07. The van der Waals surface area contributed by atoms with Crippen LogP contribution in [-0.4, -0.2) is 12.2 Å². The summed E-state index contributed by atoms with van der Waals surface area (Å²) in [5.74, 6) is 0. The van der Waals surface area contributed by atoms with E-state index >= 15 is 0 Å². The highest BCUT2D eigenvalue weighted by atomic mass is 35.5. The van der Waals surface area contributed by atoms with Crippen molar-refractivity contribution in [2.75, 3.05) is 5.32 Å². The zero-order chi connectivity index (χ0) is 10.6. The third-order valence-electron chi connectivity index (χ3n) is 1.43. The molecule has 0 heterocycles. The predicted octanol–water partition coefficient (Wildman–Crippen LogP) is 3.30. The summed E-state index contributed by atoms with van der Waals surface area (Å²) in [7, 11) is 0. The SMILES string of the molecule is CC(C)OC(=O)Nc1ccc(Cl)cc1. The first kappa shape index (κ1) is 10.9. The Kier molecular flexibility index (Phi) is 3.77. The van der Waals surface area contributed by atoms with Crippen LogP contribution in [0.25, 0.3) is 0 Å². The van der Waals surface area contributed by atoms with Crippen molar-refractivity contribution >= 4 is 23.4 Å². The van der Waals surface area contributed by atoms with Crippen LogP contribution in [0.2, 0.25) is 5.02 Å². The van der Waals surface area contributed by atoms with E-state index in [9.17, 15) is 4.79 Å². The summed E-state index contributed by atoms with van der Waals surface area (Å²) in [6, 6.07) is 6.83. The molecule has 1 amide bonds. The van der Waals surface area contributed by atoms with Crippen molar-refractivity contribution in [2.24, 2.45) is 0 Å². The fourth-order valence-corrected chi connectivity index (χ4v) is 1.02. The lowest BCUT2D eigenvalue weighted by atomic mass is 10.3. The van der Waals surface area contributed by atoms with Gasteiger partial charge in [-0.2, -0.15) is 0 Å². The first-order valence-electron chi connectivity index (χ1n) is 4.31. The van der Waals surface area contributed by atoms with Crippen molar-refractivity contribution in [3.63, 3.8) is 0 Å². The van der Waals surface area contributed by atoms with E-state index in [1.165, 1.54) is 0 Å². The Bertz CT molecular complexity index is 308. The molecule has 0 aliphatic rings. The normalized spacial score (nSPS) is 10.0. The highest BCUT2D eigenvalue weighted by molar-refractivity contribution is 6.30. The highest BCUT2D eigenvalue weighted by Gasteiger charge is 2.04. The molecule has 1 aromatic carbocycles. The van der Waals surface area contributed by atoms with Gasteiger partial charge in [0.2, 0.25) is 0 Å². The Labute approximate surface area is 88.0 Å². The molecular formula is C10H12ClNO2. The number of hydrogen-bond acceptors (Lipinski definition) is 2. The van der Waals surface area contributed by atoms with E-state index in [0.717, 1.165) is 0 Å². The molecule has 0 atom stereocenters. The van der Waals surface area contributed by atoms with Gasteiger partial charge >= 0.3 is 6.09 Å². The molecule has 76 valence electrons. The maximum atomic E-state index is 11.1. The molecule has 0 bridgehead atoms. The first-order valence-corrected chi connectivity index (χ1v) is 4.69. The summed E-state index contributed by atoms with van der Waals surface area (Å²) >= 11 is 5.69. The number of carbonyl (C=O) groups excluding carboxylic acids is 1. The van der Waals surface area contributed by atoms with Crippen LogP contribution in [-0.2, 0) is 4.74 Å². The van der Waals surface area contributed by atoms with Crippen molar-refractivity contribution in [2.45, 2.75) is 20.0 Å². The maximum Gasteiger partial charge on any atom is 0.411 e. The first-order chi connectivity index (χ1) is 6.58. The lowest BCUT2D eigenvalue weighted by molar-refractivity contribution is 0.130. The van der Waals surface area contributed by atoms with Crippen molar-refractivity contribution < 1.29 is 9.53 Å². The summed E-state index contributed by atoms with van der Waals surface area (Å²) in [6.45, 7) is 3.59. The van der Waals surface area contributed by atoms with Gasteiger partial charge in [0.05, 0.1) is 6.10 Å². The largest absolute Gasteiger partial charge is 0.447 e. The number of hydrogen-bond donors (Lipinski definition) is 1. The second-order valence-corrected chi connectivity index (χ2v) is 3.52. The summed E-state index contributed by atoms with van der Waals surface area (Å²) in [5, 5.41) is 3.21. The number of rotatable bonds is 2. The van der Waals surface area contributed by atoms with Crippen LogP contribution < -0.4 is 5.32 Å². The van der Waals surface area contributed by atoms with Gasteiger partial charge in [-0.05, 0) is 38.1 Å². The van der Waals surface area contributed by atoms with Gasteiger partial charge in [0.1, 0.15) is 0 Å². The molecule has 0 aliphatic carbocycles. The molecule has 0 radical (unpaired) electrons. The number of anilines is 1. The van der Waals surface area contributed by atoms with Gasteiger partial charge in [0.15, 0.2) is 0 Å². The van der Waals surface area contributed by atoms with Gasteiger partial charge in [-0.1, -0.05) is 11.6 Å². The number of halogens is 1. The molecule has 4 heteroatoms. The third-order valence-corrected chi connectivity index (χ3v) is 1.69. The van der Waals surface area contributed by atoms with Crippen molar-refractivity contribution in [3.8, 4) is 0 Å². The van der Waals surface area contributed by atoms with Gasteiger partial charge in [-0.3, -0.25) is 5.32 Å². The minimum absolute atomic E-state index is 0.123. The van der Waals surface area contributed by atoms with E-state index < -0.39 is 6.09 Å². The molecule has 0 fully saturated rings. The van der Waals surface area contributed by atoms with Gasteiger partial charge in [-0.15, -0.1) is 0 Å². The Morgan fingerprint density at radius 3 is 2.43 bits per heavy atom. The fourth-order valence-electron chi connectivity index (χ4n) is 0.895. The maximum absolute atomic E-state index is 11.1. The molecule has 0 saturated heterocycles. The highest BCUT2D eigenvalue weighted by Crippen LogP contribution is 2.13.